The number of nitrogens with zero attached hydrogens (tertiary/aromatic N) is 2. The largest absolute Gasteiger partial charge is 0.338 e. The summed E-state index contributed by atoms with van der Waals surface area (Å²) in [6, 6.07) is 10.2. The summed E-state index contributed by atoms with van der Waals surface area (Å²) >= 11 is 7.08. The van der Waals surface area contributed by atoms with Crippen molar-refractivity contribution >= 4 is 39.9 Å². The number of anilines is 1. The third-order valence-corrected chi connectivity index (χ3v) is 6.13. The maximum atomic E-state index is 13.5. The van der Waals surface area contributed by atoms with Gasteiger partial charge in [0.2, 0.25) is 5.91 Å². The second-order valence-electron chi connectivity index (χ2n) is 7.25. The first kappa shape index (κ1) is 21.4. The fourth-order valence-electron chi connectivity index (χ4n) is 3.48. The smallest absolute Gasteiger partial charge is 0.253 e. The number of amides is 2. The molecular formula is C22H18ClF2N3O2S. The second-order valence-corrected chi connectivity index (χ2v) is 8.55. The standard InChI is InChI=1S/C22H18ClF2N3O2S/c23-16-6-3-13(4-7-16)21(30)28-9-1-2-15(11-28)20(29)27-22-26-19(12-31-22)14-5-8-17(24)18(25)10-14/h3-8,10,12,15H,1-2,9,11H2,(H,26,27,29). The van der Waals surface area contributed by atoms with Crippen molar-refractivity contribution in [3.05, 3.63) is 70.1 Å². The molecule has 1 aliphatic rings. The minimum absolute atomic E-state index is 0.135. The Balaban J connectivity index is 1.40. The van der Waals surface area contributed by atoms with Gasteiger partial charge in [-0.05, 0) is 55.3 Å². The fraction of sp³-hybridized carbons (Fsp3) is 0.227. The summed E-state index contributed by atoms with van der Waals surface area (Å²) in [5, 5.41) is 5.37. The van der Waals surface area contributed by atoms with Gasteiger partial charge in [-0.25, -0.2) is 13.8 Å². The van der Waals surface area contributed by atoms with Crippen LogP contribution in [0.5, 0.6) is 0 Å². The quantitative estimate of drug-likeness (QED) is 0.578. The van der Waals surface area contributed by atoms with Crippen LogP contribution in [0.2, 0.25) is 5.02 Å². The van der Waals surface area contributed by atoms with Gasteiger partial charge in [0.25, 0.3) is 5.91 Å². The number of piperidine rings is 1. The summed E-state index contributed by atoms with van der Waals surface area (Å²) in [6.45, 7) is 0.900. The fourth-order valence-corrected chi connectivity index (χ4v) is 4.33. The van der Waals surface area contributed by atoms with Crippen LogP contribution in [-0.2, 0) is 4.79 Å². The molecule has 5 nitrogen and oxygen atoms in total. The van der Waals surface area contributed by atoms with E-state index in [1.165, 1.54) is 17.4 Å². The molecule has 0 spiro atoms. The number of benzene rings is 2. The van der Waals surface area contributed by atoms with Gasteiger partial charge in [-0.3, -0.25) is 9.59 Å². The Morgan fingerprint density at radius 1 is 1.13 bits per heavy atom. The molecule has 2 heterocycles. The van der Waals surface area contributed by atoms with Crippen LogP contribution in [0.15, 0.2) is 47.8 Å². The van der Waals surface area contributed by atoms with Crippen molar-refractivity contribution in [3.63, 3.8) is 0 Å². The van der Waals surface area contributed by atoms with Gasteiger partial charge in [0.1, 0.15) is 0 Å². The SMILES string of the molecule is O=C(Nc1nc(-c2ccc(F)c(F)c2)cs1)C1CCCN(C(=O)c2ccc(Cl)cc2)C1. The zero-order valence-electron chi connectivity index (χ0n) is 16.3. The molecule has 9 heteroatoms. The molecule has 1 aliphatic heterocycles. The van der Waals surface area contributed by atoms with Gasteiger partial charge in [0.15, 0.2) is 16.8 Å². The normalized spacial score (nSPS) is 16.2. The van der Waals surface area contributed by atoms with Crippen molar-refractivity contribution in [2.75, 3.05) is 18.4 Å². The molecule has 0 aliphatic carbocycles. The molecule has 2 amide bonds. The molecule has 1 aromatic heterocycles. The van der Waals surface area contributed by atoms with E-state index in [1.807, 2.05) is 0 Å². The molecule has 1 unspecified atom stereocenters. The van der Waals surface area contributed by atoms with E-state index in [4.69, 9.17) is 11.6 Å². The Labute approximate surface area is 186 Å². The van der Waals surface area contributed by atoms with E-state index in [2.05, 4.69) is 10.3 Å². The minimum atomic E-state index is -0.955. The van der Waals surface area contributed by atoms with E-state index < -0.39 is 11.6 Å². The lowest BCUT2D eigenvalue weighted by atomic mass is 9.96. The molecule has 1 fully saturated rings. The molecule has 2 aromatic carbocycles. The molecule has 0 saturated carbocycles. The zero-order valence-corrected chi connectivity index (χ0v) is 17.9. The van der Waals surface area contributed by atoms with Gasteiger partial charge in [-0.15, -0.1) is 11.3 Å². The molecule has 1 atom stereocenters. The number of hydrogen-bond donors (Lipinski definition) is 1. The summed E-state index contributed by atoms with van der Waals surface area (Å²) in [6.07, 6.45) is 1.38. The number of carbonyl (C=O) groups excluding carboxylic acids is 2. The molecule has 31 heavy (non-hydrogen) atoms. The number of carbonyl (C=O) groups is 2. The van der Waals surface area contributed by atoms with E-state index in [0.717, 1.165) is 18.6 Å². The third kappa shape index (κ3) is 4.91. The van der Waals surface area contributed by atoms with E-state index in [0.29, 0.717) is 46.5 Å². The Bertz CT molecular complexity index is 1120. The van der Waals surface area contributed by atoms with Crippen LogP contribution >= 0.6 is 22.9 Å². The molecule has 3 aromatic rings. The number of thiazole rings is 1. The number of nitrogens with one attached hydrogen (secondary N) is 1. The van der Waals surface area contributed by atoms with Crippen molar-refractivity contribution in [3.8, 4) is 11.3 Å². The number of halogens is 3. The number of likely N-dealkylation sites (tertiary alicyclic amines) is 1. The summed E-state index contributed by atoms with van der Waals surface area (Å²) in [7, 11) is 0. The van der Waals surface area contributed by atoms with Crippen LogP contribution < -0.4 is 5.32 Å². The van der Waals surface area contributed by atoms with Crippen molar-refractivity contribution in [1.82, 2.24) is 9.88 Å². The third-order valence-electron chi connectivity index (χ3n) is 5.12. The van der Waals surface area contributed by atoms with Gasteiger partial charge in [0.05, 0.1) is 11.6 Å². The highest BCUT2D eigenvalue weighted by atomic mass is 35.5. The molecule has 0 radical (unpaired) electrons. The predicted molar refractivity (Wildman–Crippen MR) is 116 cm³/mol. The zero-order chi connectivity index (χ0) is 22.0. The molecule has 4 rings (SSSR count). The molecule has 160 valence electrons. The van der Waals surface area contributed by atoms with Gasteiger partial charge >= 0.3 is 0 Å². The van der Waals surface area contributed by atoms with Crippen LogP contribution in [0.3, 0.4) is 0 Å². The first-order chi connectivity index (χ1) is 14.9. The van der Waals surface area contributed by atoms with E-state index in [-0.39, 0.29) is 17.7 Å². The van der Waals surface area contributed by atoms with Crippen molar-refractivity contribution in [2.24, 2.45) is 5.92 Å². The average molecular weight is 462 g/mol. The molecule has 0 bridgehead atoms. The van der Waals surface area contributed by atoms with Crippen LogP contribution in [-0.4, -0.2) is 34.8 Å². The van der Waals surface area contributed by atoms with Crippen LogP contribution in [0.1, 0.15) is 23.2 Å². The number of aromatic nitrogens is 1. The summed E-state index contributed by atoms with van der Waals surface area (Å²) in [4.78, 5) is 31.5. The van der Waals surface area contributed by atoms with Gasteiger partial charge in [-0.2, -0.15) is 0 Å². The summed E-state index contributed by atoms with van der Waals surface area (Å²) in [5.41, 5.74) is 1.40. The van der Waals surface area contributed by atoms with Crippen LogP contribution in [0.25, 0.3) is 11.3 Å². The lowest BCUT2D eigenvalue weighted by Gasteiger charge is -2.32. The average Bonchev–Trinajstić information content (AvgIpc) is 3.24. The Kier molecular flexibility index (Phi) is 6.29. The highest BCUT2D eigenvalue weighted by Gasteiger charge is 2.29. The van der Waals surface area contributed by atoms with Crippen LogP contribution in [0, 0.1) is 17.6 Å². The summed E-state index contributed by atoms with van der Waals surface area (Å²) in [5.74, 6) is -2.60. The van der Waals surface area contributed by atoms with Gasteiger partial charge in [0, 0.05) is 34.6 Å². The molecule has 1 N–H and O–H groups in total. The van der Waals surface area contributed by atoms with Crippen molar-refractivity contribution in [1.29, 1.82) is 0 Å². The van der Waals surface area contributed by atoms with Crippen molar-refractivity contribution < 1.29 is 18.4 Å². The lowest BCUT2D eigenvalue weighted by Crippen LogP contribution is -2.43. The monoisotopic (exact) mass is 461 g/mol. The number of rotatable bonds is 4. The summed E-state index contributed by atoms with van der Waals surface area (Å²) < 4.78 is 26.6. The second kappa shape index (κ2) is 9.11. The minimum Gasteiger partial charge on any atom is -0.338 e. The maximum Gasteiger partial charge on any atom is 0.253 e. The van der Waals surface area contributed by atoms with E-state index in [9.17, 15) is 18.4 Å². The Morgan fingerprint density at radius 2 is 1.90 bits per heavy atom. The topological polar surface area (TPSA) is 62.3 Å². The molecular weight excluding hydrogens is 444 g/mol. The molecule has 1 saturated heterocycles. The first-order valence-corrected chi connectivity index (χ1v) is 10.9. The Morgan fingerprint density at radius 3 is 2.65 bits per heavy atom. The predicted octanol–water partition coefficient (Wildman–Crippen LogP) is 5.23. The maximum absolute atomic E-state index is 13.5. The van der Waals surface area contributed by atoms with Gasteiger partial charge < -0.3 is 10.2 Å². The van der Waals surface area contributed by atoms with Crippen molar-refractivity contribution in [2.45, 2.75) is 12.8 Å². The number of hydrogen-bond acceptors (Lipinski definition) is 4. The lowest BCUT2D eigenvalue weighted by molar-refractivity contribution is -0.121. The van der Waals surface area contributed by atoms with Gasteiger partial charge in [-0.1, -0.05) is 11.6 Å². The van der Waals surface area contributed by atoms with E-state index in [1.54, 1.807) is 34.5 Å². The Hall–Kier alpha value is -2.84. The highest BCUT2D eigenvalue weighted by Crippen LogP contribution is 2.27. The first-order valence-electron chi connectivity index (χ1n) is 9.67. The van der Waals surface area contributed by atoms with Crippen LogP contribution in [0.4, 0.5) is 13.9 Å². The van der Waals surface area contributed by atoms with E-state index >= 15 is 0 Å². The highest BCUT2D eigenvalue weighted by molar-refractivity contribution is 7.14.